The number of ketones is 1. The van der Waals surface area contributed by atoms with Gasteiger partial charge in [0, 0.05) is 31.4 Å². The van der Waals surface area contributed by atoms with Crippen LogP contribution in [0.2, 0.25) is 0 Å². The highest BCUT2D eigenvalue weighted by Gasteiger charge is 2.37. The first-order valence-corrected chi connectivity index (χ1v) is 11.3. The Morgan fingerprint density at radius 2 is 1.87 bits per heavy atom. The van der Waals surface area contributed by atoms with Crippen molar-refractivity contribution in [3.63, 3.8) is 0 Å². The monoisotopic (exact) mass is 444 g/mol. The second-order valence-electron chi connectivity index (χ2n) is 8.19. The van der Waals surface area contributed by atoms with E-state index in [1.54, 1.807) is 19.2 Å². The summed E-state index contributed by atoms with van der Waals surface area (Å²) < 4.78 is 33.0. The van der Waals surface area contributed by atoms with Gasteiger partial charge in [0.1, 0.15) is 6.04 Å². The summed E-state index contributed by atoms with van der Waals surface area (Å²) in [5.41, 5.74) is 2.07. The number of aromatic nitrogens is 1. The molecule has 10 heteroatoms. The number of hydrogen-bond acceptors (Lipinski definition) is 6. The maximum atomic E-state index is 12.9. The summed E-state index contributed by atoms with van der Waals surface area (Å²) in [6.07, 6.45) is 0.902. The molecule has 2 aliphatic rings. The van der Waals surface area contributed by atoms with Gasteiger partial charge in [-0.1, -0.05) is 13.8 Å². The Balaban J connectivity index is 2.00. The van der Waals surface area contributed by atoms with Gasteiger partial charge in [-0.15, -0.1) is 0 Å². The van der Waals surface area contributed by atoms with Crippen LogP contribution in [0, 0.1) is 5.92 Å². The first kappa shape index (κ1) is 21.3. The molecule has 1 amide bonds. The molecule has 1 aromatic carbocycles. The number of nitrogens with zero attached hydrogens (tertiary/aromatic N) is 2. The molecule has 0 saturated carbocycles. The van der Waals surface area contributed by atoms with E-state index >= 15 is 0 Å². The quantitative estimate of drug-likeness (QED) is 0.748. The van der Waals surface area contributed by atoms with Gasteiger partial charge in [0.05, 0.1) is 22.0 Å². The van der Waals surface area contributed by atoms with Crippen molar-refractivity contribution < 1.29 is 22.7 Å². The van der Waals surface area contributed by atoms with E-state index in [0.29, 0.717) is 28.3 Å². The van der Waals surface area contributed by atoms with Gasteiger partial charge in [-0.2, -0.15) is 0 Å². The molecule has 31 heavy (non-hydrogen) atoms. The molecular weight excluding hydrogens is 420 g/mol. The number of carbonyl (C=O) groups excluding carboxylic acids is 2. The highest BCUT2D eigenvalue weighted by atomic mass is 32.2. The number of Topliss-reactive ketones (excluding diaryl/α,β-unsaturated/α-hetero) is 1. The maximum Gasteiger partial charge on any atom is 0.265 e. The molecular formula is C21H24N4O5S. The summed E-state index contributed by atoms with van der Waals surface area (Å²) in [6.45, 7) is 5.41. The zero-order valence-corrected chi connectivity index (χ0v) is 18.7. The van der Waals surface area contributed by atoms with Crippen LogP contribution in [0.25, 0.3) is 0 Å². The molecule has 0 fully saturated rings. The topological polar surface area (TPSA) is 121 Å². The number of aromatic amines is 1. The molecule has 4 rings (SSSR count). The van der Waals surface area contributed by atoms with Crippen LogP contribution in [0.5, 0.6) is 5.75 Å². The maximum absolute atomic E-state index is 12.9. The predicted octanol–water partition coefficient (Wildman–Crippen LogP) is 2.04. The largest absolute Gasteiger partial charge is 0.477 e. The summed E-state index contributed by atoms with van der Waals surface area (Å²) >= 11 is 0. The summed E-state index contributed by atoms with van der Waals surface area (Å²) in [6, 6.07) is 3.95. The molecule has 2 N–H and O–H groups in total. The first-order chi connectivity index (χ1) is 14.5. The Hall–Kier alpha value is -2.98. The van der Waals surface area contributed by atoms with Crippen molar-refractivity contribution in [2.45, 2.75) is 37.8 Å². The van der Waals surface area contributed by atoms with E-state index in [-0.39, 0.29) is 28.2 Å². The third kappa shape index (κ3) is 3.35. The van der Waals surface area contributed by atoms with Crippen LogP contribution in [-0.4, -0.2) is 61.4 Å². The standard InChI is InChI=1S/C21H24N4O5S/c1-10(2)19-21(27)24-15-9-12(31(28,29)25(4)5)8-14(20(15)30-19)16-13-6-7-22-17(13)18(26)11(3)23-16/h6-11,19,22H,1-5H3,(H,24,27). The number of ether oxygens (including phenoxy) is 1. The fraction of sp³-hybridized carbons (Fsp3) is 0.381. The van der Waals surface area contributed by atoms with Crippen LogP contribution in [-0.2, 0) is 14.8 Å². The number of anilines is 1. The van der Waals surface area contributed by atoms with E-state index in [1.165, 1.54) is 26.2 Å². The van der Waals surface area contributed by atoms with Gasteiger partial charge in [-0.25, -0.2) is 12.7 Å². The average molecular weight is 445 g/mol. The number of hydrogen-bond donors (Lipinski definition) is 2. The highest BCUT2D eigenvalue weighted by Crippen LogP contribution is 2.40. The van der Waals surface area contributed by atoms with E-state index in [1.807, 2.05) is 13.8 Å². The van der Waals surface area contributed by atoms with Crippen molar-refractivity contribution in [3.05, 3.63) is 41.2 Å². The van der Waals surface area contributed by atoms with Crippen molar-refractivity contribution in [1.29, 1.82) is 0 Å². The van der Waals surface area contributed by atoms with Gasteiger partial charge < -0.3 is 15.0 Å². The minimum atomic E-state index is -3.81. The summed E-state index contributed by atoms with van der Waals surface area (Å²) in [5.74, 6) is -0.264. The molecule has 2 unspecified atom stereocenters. The lowest BCUT2D eigenvalue weighted by atomic mass is 9.93. The molecule has 3 heterocycles. The number of nitrogens with one attached hydrogen (secondary N) is 2. The fourth-order valence-electron chi connectivity index (χ4n) is 3.70. The van der Waals surface area contributed by atoms with Crippen molar-refractivity contribution >= 4 is 33.1 Å². The molecule has 0 radical (unpaired) electrons. The van der Waals surface area contributed by atoms with Crippen molar-refractivity contribution in [1.82, 2.24) is 9.29 Å². The van der Waals surface area contributed by atoms with Crippen LogP contribution < -0.4 is 10.1 Å². The van der Waals surface area contributed by atoms with Crippen molar-refractivity contribution in [2.75, 3.05) is 19.4 Å². The van der Waals surface area contributed by atoms with Crippen LogP contribution in [0.15, 0.2) is 34.3 Å². The molecule has 164 valence electrons. The number of H-pyrrole nitrogens is 1. The molecule has 9 nitrogen and oxygen atoms in total. The van der Waals surface area contributed by atoms with Gasteiger partial charge in [-0.3, -0.25) is 14.6 Å². The summed E-state index contributed by atoms with van der Waals surface area (Å²) in [7, 11) is -0.946. The van der Waals surface area contributed by atoms with Gasteiger partial charge in [0.2, 0.25) is 15.8 Å². The number of rotatable bonds is 4. The lowest BCUT2D eigenvalue weighted by Crippen LogP contribution is -2.41. The van der Waals surface area contributed by atoms with E-state index in [4.69, 9.17) is 4.74 Å². The Bertz CT molecular complexity index is 1230. The Kier molecular flexibility index (Phi) is 5.01. The number of benzene rings is 1. The molecule has 0 aliphatic carbocycles. The number of amides is 1. The molecule has 2 aliphatic heterocycles. The third-order valence-electron chi connectivity index (χ3n) is 5.41. The van der Waals surface area contributed by atoms with Crippen LogP contribution in [0.4, 0.5) is 5.69 Å². The number of carbonyl (C=O) groups is 2. The van der Waals surface area contributed by atoms with Crippen LogP contribution >= 0.6 is 0 Å². The normalized spacial score (nSPS) is 20.8. The average Bonchev–Trinajstić information content (AvgIpc) is 3.19. The van der Waals surface area contributed by atoms with Crippen LogP contribution in [0.1, 0.15) is 42.4 Å². The zero-order chi connectivity index (χ0) is 22.7. The lowest BCUT2D eigenvalue weighted by molar-refractivity contribution is -0.125. The summed E-state index contributed by atoms with van der Waals surface area (Å²) in [5, 5.41) is 2.78. The lowest BCUT2D eigenvalue weighted by Gasteiger charge is -2.31. The smallest absolute Gasteiger partial charge is 0.265 e. The minimum Gasteiger partial charge on any atom is -0.477 e. The Labute approximate surface area is 180 Å². The van der Waals surface area contributed by atoms with E-state index in [9.17, 15) is 18.0 Å². The molecule has 0 spiro atoms. The number of aliphatic imine (C=N–C) groups is 1. The second-order valence-corrected chi connectivity index (χ2v) is 10.3. The van der Waals surface area contributed by atoms with Crippen molar-refractivity contribution in [3.8, 4) is 5.75 Å². The minimum absolute atomic E-state index is 0.0116. The second kappa shape index (κ2) is 7.31. The van der Waals surface area contributed by atoms with Crippen LogP contribution in [0.3, 0.4) is 0 Å². The molecule has 0 bridgehead atoms. The molecule has 1 aromatic heterocycles. The fourth-order valence-corrected chi connectivity index (χ4v) is 4.65. The summed E-state index contributed by atoms with van der Waals surface area (Å²) in [4.78, 5) is 32.6. The van der Waals surface area contributed by atoms with E-state index in [0.717, 1.165) is 4.31 Å². The highest BCUT2D eigenvalue weighted by molar-refractivity contribution is 7.89. The molecule has 0 saturated heterocycles. The third-order valence-corrected chi connectivity index (χ3v) is 7.21. The van der Waals surface area contributed by atoms with Gasteiger partial charge >= 0.3 is 0 Å². The first-order valence-electron chi connectivity index (χ1n) is 9.90. The van der Waals surface area contributed by atoms with Crippen molar-refractivity contribution in [2.24, 2.45) is 10.9 Å². The molecule has 2 atom stereocenters. The number of fused-ring (bicyclic) bond motifs is 2. The SMILES string of the molecule is CC1N=C(c2cc(S(=O)(=O)N(C)C)cc3c2OC(C(C)C)C(=O)N3)c2cc[nH]c2C1=O. The Morgan fingerprint density at radius 1 is 1.16 bits per heavy atom. The van der Waals surface area contributed by atoms with E-state index in [2.05, 4.69) is 15.3 Å². The Morgan fingerprint density at radius 3 is 2.52 bits per heavy atom. The van der Waals surface area contributed by atoms with E-state index < -0.39 is 22.2 Å². The van der Waals surface area contributed by atoms with Gasteiger partial charge in [0.25, 0.3) is 5.91 Å². The molecule has 2 aromatic rings. The number of sulfonamides is 1. The predicted molar refractivity (Wildman–Crippen MR) is 115 cm³/mol. The zero-order valence-electron chi connectivity index (χ0n) is 17.9. The van der Waals surface area contributed by atoms with Gasteiger partial charge in [0.15, 0.2) is 11.9 Å². The van der Waals surface area contributed by atoms with Gasteiger partial charge in [-0.05, 0) is 31.0 Å².